The topological polar surface area (TPSA) is 17.8 Å². The summed E-state index contributed by atoms with van der Waals surface area (Å²) in [5.41, 5.74) is 4.60. The number of halogens is 1. The Morgan fingerprint density at radius 2 is 1.87 bits per heavy atom. The molecule has 0 amide bonds. The van der Waals surface area contributed by atoms with Crippen molar-refractivity contribution in [1.82, 2.24) is 9.78 Å². The van der Waals surface area contributed by atoms with Gasteiger partial charge in [-0.05, 0) is 35.3 Å². The SMILES string of the molecule is Cc1ccccc1-c1nn(C)c(C)c1Br. The Kier molecular flexibility index (Phi) is 2.65. The fraction of sp³-hybridized carbons (Fsp3) is 0.250. The molecule has 15 heavy (non-hydrogen) atoms. The number of benzene rings is 1. The van der Waals surface area contributed by atoms with Gasteiger partial charge in [-0.25, -0.2) is 0 Å². The third-order valence-electron chi connectivity index (χ3n) is 2.66. The molecule has 0 radical (unpaired) electrons. The van der Waals surface area contributed by atoms with Crippen molar-refractivity contribution in [2.24, 2.45) is 7.05 Å². The Morgan fingerprint density at radius 1 is 1.20 bits per heavy atom. The molecule has 0 aliphatic carbocycles. The van der Waals surface area contributed by atoms with Crippen molar-refractivity contribution in [2.75, 3.05) is 0 Å². The summed E-state index contributed by atoms with van der Waals surface area (Å²) >= 11 is 3.59. The van der Waals surface area contributed by atoms with Crippen LogP contribution in [0.1, 0.15) is 11.3 Å². The average Bonchev–Trinajstić information content (AvgIpc) is 2.47. The van der Waals surface area contributed by atoms with E-state index in [0.717, 1.165) is 15.9 Å². The standard InChI is InChI=1S/C12H13BrN2/c1-8-6-4-5-7-10(8)12-11(13)9(2)15(3)14-12/h4-7H,1-3H3. The monoisotopic (exact) mass is 264 g/mol. The van der Waals surface area contributed by atoms with Crippen LogP contribution in [0.4, 0.5) is 0 Å². The molecular weight excluding hydrogens is 252 g/mol. The summed E-state index contributed by atoms with van der Waals surface area (Å²) in [7, 11) is 1.96. The second-order valence-corrected chi connectivity index (χ2v) is 4.48. The van der Waals surface area contributed by atoms with Crippen molar-refractivity contribution in [3.05, 3.63) is 40.0 Å². The summed E-state index contributed by atoms with van der Waals surface area (Å²) in [5.74, 6) is 0. The van der Waals surface area contributed by atoms with E-state index in [1.807, 2.05) is 23.9 Å². The fourth-order valence-electron chi connectivity index (χ4n) is 1.59. The predicted molar refractivity (Wildman–Crippen MR) is 65.8 cm³/mol. The van der Waals surface area contributed by atoms with E-state index in [2.05, 4.69) is 47.0 Å². The molecule has 0 fully saturated rings. The molecule has 2 nitrogen and oxygen atoms in total. The molecule has 2 aromatic rings. The van der Waals surface area contributed by atoms with E-state index in [9.17, 15) is 0 Å². The maximum atomic E-state index is 4.51. The zero-order valence-corrected chi connectivity index (χ0v) is 10.7. The first-order valence-electron chi connectivity index (χ1n) is 4.86. The molecule has 1 aromatic heterocycles. The number of hydrogen-bond acceptors (Lipinski definition) is 1. The summed E-state index contributed by atoms with van der Waals surface area (Å²) in [6.45, 7) is 4.16. The van der Waals surface area contributed by atoms with Crippen molar-refractivity contribution >= 4 is 15.9 Å². The molecule has 3 heteroatoms. The average molecular weight is 265 g/mol. The molecule has 0 N–H and O–H groups in total. The molecule has 78 valence electrons. The molecule has 0 saturated heterocycles. The summed E-state index contributed by atoms with van der Waals surface area (Å²) < 4.78 is 2.98. The van der Waals surface area contributed by atoms with Crippen molar-refractivity contribution in [3.63, 3.8) is 0 Å². The summed E-state index contributed by atoms with van der Waals surface area (Å²) in [5, 5.41) is 4.51. The zero-order valence-electron chi connectivity index (χ0n) is 9.08. The molecule has 1 aromatic carbocycles. The Morgan fingerprint density at radius 3 is 2.40 bits per heavy atom. The van der Waals surface area contributed by atoms with Gasteiger partial charge < -0.3 is 0 Å². The minimum Gasteiger partial charge on any atom is -0.271 e. The highest BCUT2D eigenvalue weighted by molar-refractivity contribution is 9.10. The van der Waals surface area contributed by atoms with Crippen LogP contribution in [-0.2, 0) is 7.05 Å². The van der Waals surface area contributed by atoms with Crippen LogP contribution in [0.3, 0.4) is 0 Å². The van der Waals surface area contributed by atoms with E-state index in [1.54, 1.807) is 0 Å². The lowest BCUT2D eigenvalue weighted by Crippen LogP contribution is -1.92. The van der Waals surface area contributed by atoms with Crippen molar-refractivity contribution in [3.8, 4) is 11.3 Å². The lowest BCUT2D eigenvalue weighted by atomic mass is 10.1. The molecular formula is C12H13BrN2. The van der Waals surface area contributed by atoms with Gasteiger partial charge in [-0.3, -0.25) is 4.68 Å². The van der Waals surface area contributed by atoms with Crippen LogP contribution < -0.4 is 0 Å². The van der Waals surface area contributed by atoms with Gasteiger partial charge >= 0.3 is 0 Å². The van der Waals surface area contributed by atoms with Crippen molar-refractivity contribution in [2.45, 2.75) is 13.8 Å². The number of rotatable bonds is 1. The molecule has 0 aliphatic rings. The van der Waals surface area contributed by atoms with Gasteiger partial charge in [0, 0.05) is 18.3 Å². The van der Waals surface area contributed by atoms with Crippen LogP contribution in [0.2, 0.25) is 0 Å². The molecule has 0 unspecified atom stereocenters. The van der Waals surface area contributed by atoms with Gasteiger partial charge in [0.25, 0.3) is 0 Å². The predicted octanol–water partition coefficient (Wildman–Crippen LogP) is 3.47. The number of nitrogens with zero attached hydrogens (tertiary/aromatic N) is 2. The highest BCUT2D eigenvalue weighted by Crippen LogP contribution is 2.31. The van der Waals surface area contributed by atoms with E-state index >= 15 is 0 Å². The lowest BCUT2D eigenvalue weighted by molar-refractivity contribution is 0.742. The molecule has 0 spiro atoms. The van der Waals surface area contributed by atoms with E-state index in [4.69, 9.17) is 0 Å². The molecule has 2 rings (SSSR count). The van der Waals surface area contributed by atoms with Gasteiger partial charge in [0.15, 0.2) is 0 Å². The van der Waals surface area contributed by atoms with E-state index in [0.29, 0.717) is 0 Å². The first-order valence-corrected chi connectivity index (χ1v) is 5.65. The van der Waals surface area contributed by atoms with Gasteiger partial charge in [0.2, 0.25) is 0 Å². The Bertz CT molecular complexity index is 500. The normalized spacial score (nSPS) is 10.7. The third-order valence-corrected chi connectivity index (χ3v) is 3.61. The summed E-state index contributed by atoms with van der Waals surface area (Å²) in [6.07, 6.45) is 0. The first-order chi connectivity index (χ1) is 7.11. The second kappa shape index (κ2) is 3.81. The number of aromatic nitrogens is 2. The van der Waals surface area contributed by atoms with Crippen molar-refractivity contribution in [1.29, 1.82) is 0 Å². The Hall–Kier alpha value is -1.09. The quantitative estimate of drug-likeness (QED) is 0.772. The molecule has 0 atom stereocenters. The number of hydrogen-bond donors (Lipinski definition) is 0. The largest absolute Gasteiger partial charge is 0.271 e. The molecule has 0 saturated carbocycles. The molecule has 0 bridgehead atoms. The summed E-state index contributed by atoms with van der Waals surface area (Å²) in [4.78, 5) is 0. The minimum atomic E-state index is 1.02. The number of aryl methyl sites for hydroxylation is 2. The van der Waals surface area contributed by atoms with Gasteiger partial charge in [0.05, 0.1) is 4.47 Å². The summed E-state index contributed by atoms with van der Waals surface area (Å²) in [6, 6.07) is 8.29. The van der Waals surface area contributed by atoms with Crippen molar-refractivity contribution < 1.29 is 0 Å². The highest BCUT2D eigenvalue weighted by atomic mass is 79.9. The third kappa shape index (κ3) is 1.72. The van der Waals surface area contributed by atoms with Crippen LogP contribution in [0.25, 0.3) is 11.3 Å². The highest BCUT2D eigenvalue weighted by Gasteiger charge is 2.13. The first kappa shape index (κ1) is 10.4. The molecule has 1 heterocycles. The minimum absolute atomic E-state index is 1.02. The van der Waals surface area contributed by atoms with Crippen LogP contribution in [0, 0.1) is 13.8 Å². The maximum Gasteiger partial charge on any atom is 0.107 e. The van der Waals surface area contributed by atoms with Gasteiger partial charge in [-0.1, -0.05) is 24.3 Å². The maximum absolute atomic E-state index is 4.51. The smallest absolute Gasteiger partial charge is 0.107 e. The zero-order chi connectivity index (χ0) is 11.0. The Balaban J connectivity index is 2.65. The van der Waals surface area contributed by atoms with Crippen LogP contribution >= 0.6 is 15.9 Å². The van der Waals surface area contributed by atoms with Crippen LogP contribution in [-0.4, -0.2) is 9.78 Å². The van der Waals surface area contributed by atoms with Crippen LogP contribution in [0.15, 0.2) is 28.7 Å². The van der Waals surface area contributed by atoms with Crippen LogP contribution in [0.5, 0.6) is 0 Å². The van der Waals surface area contributed by atoms with E-state index < -0.39 is 0 Å². The van der Waals surface area contributed by atoms with E-state index in [1.165, 1.54) is 11.1 Å². The van der Waals surface area contributed by atoms with E-state index in [-0.39, 0.29) is 0 Å². The lowest BCUT2D eigenvalue weighted by Gasteiger charge is -2.01. The molecule has 0 aliphatic heterocycles. The van der Waals surface area contributed by atoms with Gasteiger partial charge in [-0.15, -0.1) is 0 Å². The van der Waals surface area contributed by atoms with Gasteiger partial charge in [0.1, 0.15) is 5.69 Å². The Labute approximate surface area is 98.1 Å². The fourth-order valence-corrected chi connectivity index (χ4v) is 2.14. The van der Waals surface area contributed by atoms with Gasteiger partial charge in [-0.2, -0.15) is 5.10 Å². The second-order valence-electron chi connectivity index (χ2n) is 3.69.